The largest absolute Gasteiger partial charge is 0.463 e. The average molecular weight is 1110 g/mol. The maximum Gasteiger partial charge on any atom is 0.306 e. The molecule has 12 heteroatoms. The Morgan fingerprint density at radius 1 is 0.442 bits per heavy atom. The number of thiocarbonyl (C=S) groups is 1. The fraction of sp³-hybridized carbons (Fsp3) is 0.923. The van der Waals surface area contributed by atoms with Gasteiger partial charge in [0.2, 0.25) is 0 Å². The van der Waals surface area contributed by atoms with Gasteiger partial charge in [-0.05, 0) is 70.1 Å². The second-order valence-corrected chi connectivity index (χ2v) is 24.0. The van der Waals surface area contributed by atoms with Crippen LogP contribution in [-0.4, -0.2) is 84.9 Å². The van der Waals surface area contributed by atoms with E-state index in [1.807, 2.05) is 0 Å². The maximum atomic E-state index is 14.1. The molecular weight excluding hydrogens is 989 g/mol. The van der Waals surface area contributed by atoms with Gasteiger partial charge in [0, 0.05) is 30.5 Å². The number of unbranched alkanes of at least 4 members (excludes halogenated alkanes) is 32. The molecule has 3 aliphatic rings. The highest BCUT2D eigenvalue weighted by molar-refractivity contribution is 7.80. The molecule has 1 saturated heterocycles. The van der Waals surface area contributed by atoms with E-state index in [1.54, 1.807) is 0 Å². The summed E-state index contributed by atoms with van der Waals surface area (Å²) >= 11 is 5.63. The van der Waals surface area contributed by atoms with E-state index in [1.165, 1.54) is 128 Å². The van der Waals surface area contributed by atoms with Crippen molar-refractivity contribution in [2.24, 2.45) is 5.92 Å². The van der Waals surface area contributed by atoms with Crippen LogP contribution >= 0.6 is 12.2 Å². The van der Waals surface area contributed by atoms with E-state index in [9.17, 15) is 19.2 Å². The van der Waals surface area contributed by atoms with Crippen LogP contribution in [-0.2, 0) is 52.3 Å². The molecule has 2 aliphatic carbocycles. The van der Waals surface area contributed by atoms with E-state index in [2.05, 4.69) is 27.7 Å². The Balaban J connectivity index is 1.84. The molecule has 0 bridgehead atoms. The van der Waals surface area contributed by atoms with E-state index in [-0.39, 0.29) is 56.4 Å². The van der Waals surface area contributed by atoms with Crippen LogP contribution in [0.2, 0.25) is 0 Å². The van der Waals surface area contributed by atoms with Gasteiger partial charge >= 0.3 is 23.9 Å². The van der Waals surface area contributed by atoms with Gasteiger partial charge in [0.25, 0.3) is 0 Å². The molecule has 0 aromatic rings. The second kappa shape index (κ2) is 46.5. The quantitative estimate of drug-likeness (QED) is 0.0248. The van der Waals surface area contributed by atoms with E-state index >= 15 is 0 Å². The van der Waals surface area contributed by atoms with Crippen molar-refractivity contribution in [1.29, 1.82) is 0 Å². The summed E-state index contributed by atoms with van der Waals surface area (Å²) in [5.74, 6) is -1.57. The molecule has 1 aliphatic heterocycles. The molecule has 0 aromatic carbocycles. The lowest BCUT2D eigenvalue weighted by Gasteiger charge is -2.44. The lowest BCUT2D eigenvalue weighted by molar-refractivity contribution is -0.310. The normalized spacial score (nSPS) is 22.4. The summed E-state index contributed by atoms with van der Waals surface area (Å²) in [5, 5.41) is 0. The molecule has 0 N–H and O–H groups in total. The van der Waals surface area contributed by atoms with Gasteiger partial charge in [-0.2, -0.15) is 0 Å². The van der Waals surface area contributed by atoms with Gasteiger partial charge in [-0.25, -0.2) is 0 Å². The summed E-state index contributed by atoms with van der Waals surface area (Å²) in [7, 11) is 0. The van der Waals surface area contributed by atoms with Gasteiger partial charge in [0.15, 0.2) is 24.6 Å². The topological polar surface area (TPSA) is 133 Å². The summed E-state index contributed by atoms with van der Waals surface area (Å²) in [4.78, 5) is 56.6. The third-order valence-corrected chi connectivity index (χ3v) is 16.8. The first-order valence-electron chi connectivity index (χ1n) is 32.9. The van der Waals surface area contributed by atoms with Gasteiger partial charge in [0.1, 0.15) is 12.7 Å². The molecule has 3 fully saturated rings. The van der Waals surface area contributed by atoms with E-state index in [0.29, 0.717) is 25.9 Å². The number of hydrogen-bond acceptors (Lipinski definition) is 12. The zero-order valence-corrected chi connectivity index (χ0v) is 50.8. The minimum absolute atomic E-state index is 0.0284. The Kier molecular flexibility index (Phi) is 41.7. The second-order valence-electron chi connectivity index (χ2n) is 23.5. The number of esters is 4. The number of carbonyl (C=O) groups is 4. The van der Waals surface area contributed by atoms with Gasteiger partial charge in [-0.3, -0.25) is 19.2 Å². The van der Waals surface area contributed by atoms with Crippen molar-refractivity contribution in [2.75, 3.05) is 13.2 Å². The van der Waals surface area contributed by atoms with Crippen LogP contribution in [0.1, 0.15) is 323 Å². The summed E-state index contributed by atoms with van der Waals surface area (Å²) in [6.07, 6.45) is 40.5. The molecule has 3 unspecified atom stereocenters. The fourth-order valence-electron chi connectivity index (χ4n) is 11.4. The SMILES string of the molecule is CCCCCCCCCCCC(=O)OC[C@H]1O[C@@H](OCC2CCC(OC3CCCC3=S)C2)[C@H](OC(=O)CCCCCCCCCCC)[C@@H](OC(=O)CCCCCCCCCCC)[C@H]1OC(=O)CCCCCCCCCCC. The Morgan fingerprint density at radius 2 is 0.818 bits per heavy atom. The van der Waals surface area contributed by atoms with E-state index < -0.39 is 48.6 Å². The van der Waals surface area contributed by atoms with Crippen LogP contribution in [0.25, 0.3) is 0 Å². The molecular formula is C65H116O11S. The highest BCUT2D eigenvalue weighted by Gasteiger charge is 2.53. The smallest absolute Gasteiger partial charge is 0.306 e. The third kappa shape index (κ3) is 33.4. The Hall–Kier alpha value is -2.15. The molecule has 2 saturated carbocycles. The molecule has 77 heavy (non-hydrogen) atoms. The highest BCUT2D eigenvalue weighted by atomic mass is 32.1. The average Bonchev–Trinajstić information content (AvgIpc) is 4.06. The third-order valence-electron chi connectivity index (χ3n) is 16.3. The summed E-state index contributed by atoms with van der Waals surface area (Å²) < 4.78 is 45.1. The Labute approximate surface area is 476 Å². The molecule has 8 atom stereocenters. The van der Waals surface area contributed by atoms with Crippen LogP contribution in [0.4, 0.5) is 0 Å². The minimum Gasteiger partial charge on any atom is -0.463 e. The van der Waals surface area contributed by atoms with Crippen molar-refractivity contribution in [1.82, 2.24) is 0 Å². The maximum absolute atomic E-state index is 14.1. The zero-order valence-electron chi connectivity index (χ0n) is 50.0. The van der Waals surface area contributed by atoms with Crippen molar-refractivity contribution in [2.45, 2.75) is 366 Å². The van der Waals surface area contributed by atoms with Crippen LogP contribution in [0.5, 0.6) is 0 Å². The molecule has 0 radical (unpaired) electrons. The van der Waals surface area contributed by atoms with Gasteiger partial charge in [-0.1, -0.05) is 245 Å². The standard InChI is InChI=1S/C65H116O11S/c1-5-9-13-17-21-25-29-33-37-44-58(66)70-52-56-62(74-59(67)45-38-34-30-26-22-18-14-10-6-2)63(75-60(68)46-39-35-31-27-23-19-15-11-7-3)64(76-61(69)47-40-36-32-28-24-20-16-12-8-4)65(73-56)71-51-53-48-49-54(50-53)72-55-42-41-43-57(55)77/h53-56,62-65H,5-52H2,1-4H3/t53?,54?,55?,56-,62+,63+,64-,65-/m1/s1. The van der Waals surface area contributed by atoms with Crippen molar-refractivity contribution in [3.05, 3.63) is 0 Å². The number of hydrogen-bond donors (Lipinski definition) is 0. The molecule has 0 amide bonds. The molecule has 0 spiro atoms. The first kappa shape index (κ1) is 69.1. The van der Waals surface area contributed by atoms with Crippen LogP contribution in [0.15, 0.2) is 0 Å². The van der Waals surface area contributed by atoms with Gasteiger partial charge < -0.3 is 33.2 Å². The van der Waals surface area contributed by atoms with E-state index in [4.69, 9.17) is 45.4 Å². The molecule has 3 rings (SSSR count). The fourth-order valence-corrected chi connectivity index (χ4v) is 11.8. The molecule has 448 valence electrons. The number of rotatable bonds is 50. The minimum atomic E-state index is -1.25. The van der Waals surface area contributed by atoms with Gasteiger partial charge in [-0.15, -0.1) is 0 Å². The summed E-state index contributed by atoms with van der Waals surface area (Å²) in [6, 6.07) is 0. The molecule has 1 heterocycles. The highest BCUT2D eigenvalue weighted by Crippen LogP contribution is 2.35. The predicted octanol–water partition coefficient (Wildman–Crippen LogP) is 17.8. The van der Waals surface area contributed by atoms with Crippen LogP contribution in [0, 0.1) is 5.92 Å². The zero-order chi connectivity index (χ0) is 55.4. The summed E-state index contributed by atoms with van der Waals surface area (Å²) in [5.41, 5.74) is 0. The predicted molar refractivity (Wildman–Crippen MR) is 315 cm³/mol. The van der Waals surface area contributed by atoms with Crippen molar-refractivity contribution < 1.29 is 52.3 Å². The van der Waals surface area contributed by atoms with E-state index in [0.717, 1.165) is 127 Å². The number of carbonyl (C=O) groups excluding carboxylic acids is 4. The monoisotopic (exact) mass is 1100 g/mol. The Bertz CT molecular complexity index is 1510. The van der Waals surface area contributed by atoms with Crippen LogP contribution < -0.4 is 0 Å². The van der Waals surface area contributed by atoms with Gasteiger partial charge in [0.05, 0.1) is 18.8 Å². The number of ether oxygens (including phenoxy) is 7. The van der Waals surface area contributed by atoms with Crippen LogP contribution in [0.3, 0.4) is 0 Å². The van der Waals surface area contributed by atoms with Crippen molar-refractivity contribution >= 4 is 41.0 Å². The van der Waals surface area contributed by atoms with Crippen molar-refractivity contribution in [3.8, 4) is 0 Å². The summed E-state index contributed by atoms with van der Waals surface area (Å²) in [6.45, 7) is 8.97. The first-order valence-corrected chi connectivity index (χ1v) is 33.3. The Morgan fingerprint density at radius 3 is 1.22 bits per heavy atom. The van der Waals surface area contributed by atoms with Crippen molar-refractivity contribution in [3.63, 3.8) is 0 Å². The lowest BCUT2D eigenvalue weighted by Crippen LogP contribution is -2.63. The molecule has 0 aromatic heterocycles. The first-order chi connectivity index (χ1) is 37.7. The molecule has 11 nitrogen and oxygen atoms in total. The lowest BCUT2D eigenvalue weighted by atomic mass is 9.97.